The van der Waals surface area contributed by atoms with Crippen LogP contribution in [0.2, 0.25) is 0 Å². The third kappa shape index (κ3) is 3.19. The molecule has 1 aliphatic carbocycles. The Labute approximate surface area is 133 Å². The molecule has 2 heterocycles. The first-order valence-corrected chi connectivity index (χ1v) is 8.57. The summed E-state index contributed by atoms with van der Waals surface area (Å²) < 4.78 is 1.82. The van der Waals surface area contributed by atoms with E-state index in [2.05, 4.69) is 15.3 Å². The summed E-state index contributed by atoms with van der Waals surface area (Å²) in [5, 5.41) is 7.41. The molecular weight excluding hydrogens is 276 g/mol. The van der Waals surface area contributed by atoms with Crippen molar-refractivity contribution in [3.05, 3.63) is 11.4 Å². The largest absolute Gasteiger partial charge is 0.322 e. The number of nitrogens with one attached hydrogen (secondary N) is 1. The first-order chi connectivity index (χ1) is 10.5. The Balaban J connectivity index is 1.56. The molecule has 1 aliphatic heterocycles. The van der Waals surface area contributed by atoms with Crippen molar-refractivity contribution >= 4 is 11.6 Å². The molecule has 1 saturated carbocycles. The van der Waals surface area contributed by atoms with Crippen LogP contribution < -0.4 is 5.32 Å². The van der Waals surface area contributed by atoms with Gasteiger partial charge in [-0.1, -0.05) is 19.3 Å². The van der Waals surface area contributed by atoms with Crippen LogP contribution >= 0.6 is 0 Å². The van der Waals surface area contributed by atoms with Crippen LogP contribution in [0.25, 0.3) is 0 Å². The summed E-state index contributed by atoms with van der Waals surface area (Å²) in [7, 11) is 1.91. The molecule has 1 saturated heterocycles. The zero-order valence-electron chi connectivity index (χ0n) is 14.1. The lowest BCUT2D eigenvalue weighted by Crippen LogP contribution is -2.44. The van der Waals surface area contributed by atoms with Crippen LogP contribution in [0.3, 0.4) is 0 Å². The zero-order chi connectivity index (χ0) is 15.7. The van der Waals surface area contributed by atoms with Gasteiger partial charge in [-0.15, -0.1) is 0 Å². The highest BCUT2D eigenvalue weighted by Gasteiger charge is 2.31. The topological polar surface area (TPSA) is 50.2 Å². The summed E-state index contributed by atoms with van der Waals surface area (Å²) in [6, 6.07) is 0. The Kier molecular flexibility index (Phi) is 4.52. The minimum absolute atomic E-state index is 0.0912. The molecule has 22 heavy (non-hydrogen) atoms. The van der Waals surface area contributed by atoms with Crippen molar-refractivity contribution in [1.29, 1.82) is 0 Å². The number of amides is 1. The Morgan fingerprint density at radius 1 is 1.23 bits per heavy atom. The van der Waals surface area contributed by atoms with E-state index in [4.69, 9.17) is 0 Å². The second kappa shape index (κ2) is 6.41. The SMILES string of the molecule is Cc1nn(C)c(C)c1NC(=O)CN1CC[C@H]2CCCC[C@@H]2C1. The standard InChI is InChI=1S/C17H28N4O/c1-12-17(13(2)20(3)19-12)18-16(22)11-21-9-8-14-6-4-5-7-15(14)10-21/h14-15H,4-11H2,1-3H3,(H,18,22)/t14-,15-/m1/s1. The van der Waals surface area contributed by atoms with Crippen LogP contribution in [0.1, 0.15) is 43.5 Å². The maximum absolute atomic E-state index is 12.4. The molecule has 2 atom stereocenters. The Morgan fingerprint density at radius 2 is 1.95 bits per heavy atom. The molecule has 122 valence electrons. The molecule has 0 aromatic carbocycles. The molecule has 0 spiro atoms. The number of carbonyl (C=O) groups is 1. The van der Waals surface area contributed by atoms with Crippen molar-refractivity contribution in [2.75, 3.05) is 25.0 Å². The molecule has 0 radical (unpaired) electrons. The second-order valence-corrected chi connectivity index (χ2v) is 7.05. The molecule has 5 heteroatoms. The molecule has 0 bridgehead atoms. The number of aryl methyl sites for hydroxylation is 2. The van der Waals surface area contributed by atoms with Crippen molar-refractivity contribution < 1.29 is 4.79 Å². The lowest BCUT2D eigenvalue weighted by atomic mass is 9.75. The average Bonchev–Trinajstić information content (AvgIpc) is 2.73. The van der Waals surface area contributed by atoms with Crippen molar-refractivity contribution in [2.24, 2.45) is 18.9 Å². The Hall–Kier alpha value is -1.36. The molecule has 2 fully saturated rings. The molecule has 2 aliphatic rings. The number of aromatic nitrogens is 2. The first kappa shape index (κ1) is 15.5. The summed E-state index contributed by atoms with van der Waals surface area (Å²) >= 11 is 0. The molecule has 3 rings (SSSR count). The number of anilines is 1. The van der Waals surface area contributed by atoms with E-state index >= 15 is 0 Å². The van der Waals surface area contributed by atoms with Crippen LogP contribution in [-0.4, -0.2) is 40.2 Å². The summed E-state index contributed by atoms with van der Waals surface area (Å²) in [5.41, 5.74) is 2.77. The molecule has 1 amide bonds. The number of hydrogen-bond acceptors (Lipinski definition) is 3. The predicted octanol–water partition coefficient (Wildman–Crippen LogP) is 2.49. The fourth-order valence-corrected chi connectivity index (χ4v) is 4.16. The quantitative estimate of drug-likeness (QED) is 0.933. The normalized spacial score (nSPS) is 25.8. The second-order valence-electron chi connectivity index (χ2n) is 7.05. The van der Waals surface area contributed by atoms with Crippen LogP contribution in [0.15, 0.2) is 0 Å². The van der Waals surface area contributed by atoms with Gasteiger partial charge in [0.15, 0.2) is 0 Å². The highest BCUT2D eigenvalue weighted by Crippen LogP contribution is 2.35. The van der Waals surface area contributed by atoms with Crippen molar-refractivity contribution in [1.82, 2.24) is 14.7 Å². The molecule has 0 unspecified atom stereocenters. The fourth-order valence-electron chi connectivity index (χ4n) is 4.16. The average molecular weight is 304 g/mol. The Morgan fingerprint density at radius 3 is 2.64 bits per heavy atom. The van der Waals surface area contributed by atoms with Crippen LogP contribution in [0.4, 0.5) is 5.69 Å². The smallest absolute Gasteiger partial charge is 0.238 e. The monoisotopic (exact) mass is 304 g/mol. The lowest BCUT2D eigenvalue weighted by molar-refractivity contribution is -0.118. The summed E-state index contributed by atoms with van der Waals surface area (Å²) in [6.45, 7) is 6.61. The Bertz CT molecular complexity index is 551. The maximum atomic E-state index is 12.4. The van der Waals surface area contributed by atoms with E-state index < -0.39 is 0 Å². The fraction of sp³-hybridized carbons (Fsp3) is 0.765. The van der Waals surface area contributed by atoms with Crippen molar-refractivity contribution in [3.63, 3.8) is 0 Å². The predicted molar refractivity (Wildman–Crippen MR) is 87.8 cm³/mol. The summed E-state index contributed by atoms with van der Waals surface area (Å²) in [4.78, 5) is 14.7. The highest BCUT2D eigenvalue weighted by molar-refractivity contribution is 5.93. The number of nitrogens with zero attached hydrogens (tertiary/aromatic N) is 3. The third-order valence-corrected chi connectivity index (χ3v) is 5.52. The van der Waals surface area contributed by atoms with Gasteiger partial charge in [-0.05, 0) is 45.1 Å². The molecule has 1 aromatic rings. The van der Waals surface area contributed by atoms with E-state index in [0.717, 1.165) is 42.0 Å². The van der Waals surface area contributed by atoms with E-state index in [0.29, 0.717) is 6.54 Å². The lowest BCUT2D eigenvalue weighted by Gasteiger charge is -2.41. The molecule has 1 N–H and O–H groups in total. The van der Waals surface area contributed by atoms with Gasteiger partial charge in [-0.25, -0.2) is 0 Å². The van der Waals surface area contributed by atoms with E-state index in [-0.39, 0.29) is 5.91 Å². The van der Waals surface area contributed by atoms with Gasteiger partial charge in [-0.2, -0.15) is 5.10 Å². The van der Waals surface area contributed by atoms with Crippen molar-refractivity contribution in [3.8, 4) is 0 Å². The number of hydrogen-bond donors (Lipinski definition) is 1. The first-order valence-electron chi connectivity index (χ1n) is 8.57. The van der Waals surface area contributed by atoms with E-state index in [1.165, 1.54) is 32.1 Å². The van der Waals surface area contributed by atoms with E-state index in [9.17, 15) is 4.79 Å². The van der Waals surface area contributed by atoms with Gasteiger partial charge in [-0.3, -0.25) is 14.4 Å². The summed E-state index contributed by atoms with van der Waals surface area (Å²) in [6.07, 6.45) is 6.79. The minimum Gasteiger partial charge on any atom is -0.322 e. The third-order valence-electron chi connectivity index (χ3n) is 5.52. The van der Waals surface area contributed by atoms with Gasteiger partial charge in [0, 0.05) is 13.6 Å². The van der Waals surface area contributed by atoms with Gasteiger partial charge in [0.1, 0.15) is 0 Å². The minimum atomic E-state index is 0.0912. The van der Waals surface area contributed by atoms with Gasteiger partial charge < -0.3 is 5.32 Å². The number of rotatable bonds is 3. The van der Waals surface area contributed by atoms with Gasteiger partial charge in [0.25, 0.3) is 0 Å². The number of carbonyl (C=O) groups excluding carboxylic acids is 1. The van der Waals surface area contributed by atoms with Crippen molar-refractivity contribution in [2.45, 2.75) is 46.0 Å². The summed E-state index contributed by atoms with van der Waals surface area (Å²) in [5.74, 6) is 1.82. The zero-order valence-corrected chi connectivity index (χ0v) is 14.1. The maximum Gasteiger partial charge on any atom is 0.238 e. The van der Waals surface area contributed by atoms with Crippen LogP contribution in [0.5, 0.6) is 0 Å². The molecular formula is C17H28N4O. The van der Waals surface area contributed by atoms with E-state index in [1.54, 1.807) is 0 Å². The van der Waals surface area contributed by atoms with E-state index in [1.807, 2.05) is 25.6 Å². The van der Waals surface area contributed by atoms with Crippen LogP contribution in [0, 0.1) is 25.7 Å². The highest BCUT2D eigenvalue weighted by atomic mass is 16.2. The van der Waals surface area contributed by atoms with Crippen LogP contribution in [-0.2, 0) is 11.8 Å². The number of piperidine rings is 1. The molecule has 1 aromatic heterocycles. The number of fused-ring (bicyclic) bond motifs is 1. The molecule has 5 nitrogen and oxygen atoms in total. The number of likely N-dealkylation sites (tertiary alicyclic amines) is 1. The van der Waals surface area contributed by atoms with Gasteiger partial charge in [0.05, 0.1) is 23.6 Å². The van der Waals surface area contributed by atoms with Gasteiger partial charge in [0.2, 0.25) is 5.91 Å². The van der Waals surface area contributed by atoms with Gasteiger partial charge >= 0.3 is 0 Å².